The Balaban J connectivity index is 1.81. The van der Waals surface area contributed by atoms with Crippen molar-refractivity contribution in [2.75, 3.05) is 13.6 Å². The SMILES string of the molecule is Cc1ccc(CN(C)C(=O)CCC2CCCCN2)c(C)c1. The summed E-state index contributed by atoms with van der Waals surface area (Å²) in [5.74, 6) is 0.252. The van der Waals surface area contributed by atoms with Crippen LogP contribution in [0.5, 0.6) is 0 Å². The van der Waals surface area contributed by atoms with Crippen LogP contribution in [0, 0.1) is 13.8 Å². The third-order valence-corrected chi connectivity index (χ3v) is 4.45. The predicted molar refractivity (Wildman–Crippen MR) is 87.3 cm³/mol. The first-order valence-electron chi connectivity index (χ1n) is 8.10. The van der Waals surface area contributed by atoms with Crippen LogP contribution >= 0.6 is 0 Å². The van der Waals surface area contributed by atoms with Gasteiger partial charge in [-0.2, -0.15) is 0 Å². The van der Waals surface area contributed by atoms with Gasteiger partial charge in [0.1, 0.15) is 0 Å². The maximum absolute atomic E-state index is 12.3. The summed E-state index contributed by atoms with van der Waals surface area (Å²) in [6.07, 6.45) is 5.41. The standard InChI is InChI=1S/C18H28N2O/c1-14-7-8-16(15(2)12-14)13-20(3)18(21)10-9-17-6-4-5-11-19-17/h7-8,12,17,19H,4-6,9-11,13H2,1-3H3. The Labute approximate surface area is 128 Å². The van der Waals surface area contributed by atoms with Gasteiger partial charge < -0.3 is 10.2 Å². The first kappa shape index (κ1) is 16.0. The van der Waals surface area contributed by atoms with Crippen LogP contribution < -0.4 is 5.32 Å². The second kappa shape index (κ2) is 7.60. The smallest absolute Gasteiger partial charge is 0.222 e. The number of aryl methyl sites for hydroxylation is 2. The number of hydrogen-bond donors (Lipinski definition) is 1. The summed E-state index contributed by atoms with van der Waals surface area (Å²) in [7, 11) is 1.91. The molecule has 1 aromatic carbocycles. The molecule has 1 N–H and O–H groups in total. The van der Waals surface area contributed by atoms with Gasteiger partial charge in [0.15, 0.2) is 0 Å². The van der Waals surface area contributed by atoms with Gasteiger partial charge in [0, 0.05) is 26.1 Å². The highest BCUT2D eigenvalue weighted by Crippen LogP contribution is 2.15. The van der Waals surface area contributed by atoms with Gasteiger partial charge in [0.25, 0.3) is 0 Å². The molecule has 1 fully saturated rings. The van der Waals surface area contributed by atoms with E-state index in [0.29, 0.717) is 19.0 Å². The predicted octanol–water partition coefficient (Wildman–Crippen LogP) is 3.18. The van der Waals surface area contributed by atoms with E-state index in [1.807, 2.05) is 11.9 Å². The van der Waals surface area contributed by atoms with Crippen molar-refractivity contribution in [1.82, 2.24) is 10.2 Å². The zero-order valence-corrected chi connectivity index (χ0v) is 13.6. The number of benzene rings is 1. The Morgan fingerprint density at radius 1 is 1.33 bits per heavy atom. The molecule has 3 nitrogen and oxygen atoms in total. The number of hydrogen-bond acceptors (Lipinski definition) is 2. The highest BCUT2D eigenvalue weighted by Gasteiger charge is 2.16. The lowest BCUT2D eigenvalue weighted by molar-refractivity contribution is -0.130. The van der Waals surface area contributed by atoms with E-state index in [2.05, 4.69) is 37.4 Å². The van der Waals surface area contributed by atoms with E-state index < -0.39 is 0 Å². The molecule has 1 atom stereocenters. The van der Waals surface area contributed by atoms with Crippen LogP contribution in [0.25, 0.3) is 0 Å². The highest BCUT2D eigenvalue weighted by atomic mass is 16.2. The van der Waals surface area contributed by atoms with Crippen LogP contribution in [0.3, 0.4) is 0 Å². The maximum Gasteiger partial charge on any atom is 0.222 e. The Morgan fingerprint density at radius 3 is 2.81 bits per heavy atom. The van der Waals surface area contributed by atoms with Crippen molar-refractivity contribution in [1.29, 1.82) is 0 Å². The number of nitrogens with zero attached hydrogens (tertiary/aromatic N) is 1. The lowest BCUT2D eigenvalue weighted by Gasteiger charge is -2.24. The van der Waals surface area contributed by atoms with Crippen molar-refractivity contribution in [2.45, 2.75) is 58.5 Å². The number of amides is 1. The number of carbonyl (C=O) groups excluding carboxylic acids is 1. The number of nitrogens with one attached hydrogen (secondary N) is 1. The number of piperidine rings is 1. The van der Waals surface area contributed by atoms with Crippen molar-refractivity contribution in [3.63, 3.8) is 0 Å². The molecule has 1 unspecified atom stereocenters. The Morgan fingerprint density at radius 2 is 2.14 bits per heavy atom. The van der Waals surface area contributed by atoms with E-state index in [1.54, 1.807) is 0 Å². The minimum Gasteiger partial charge on any atom is -0.341 e. The van der Waals surface area contributed by atoms with Crippen LogP contribution in [0.15, 0.2) is 18.2 Å². The van der Waals surface area contributed by atoms with E-state index >= 15 is 0 Å². The molecule has 3 heteroatoms. The molecule has 1 aliphatic rings. The second-order valence-corrected chi connectivity index (χ2v) is 6.37. The quantitative estimate of drug-likeness (QED) is 0.902. The number of carbonyl (C=O) groups is 1. The zero-order chi connectivity index (χ0) is 15.2. The molecule has 116 valence electrons. The first-order valence-corrected chi connectivity index (χ1v) is 8.10. The molecule has 0 spiro atoms. The van der Waals surface area contributed by atoms with Crippen LogP contribution in [-0.2, 0) is 11.3 Å². The molecule has 0 radical (unpaired) electrons. The van der Waals surface area contributed by atoms with Crippen LogP contribution in [0.2, 0.25) is 0 Å². The average molecular weight is 288 g/mol. The van der Waals surface area contributed by atoms with Gasteiger partial charge in [-0.25, -0.2) is 0 Å². The minimum atomic E-state index is 0.252. The van der Waals surface area contributed by atoms with Crippen LogP contribution in [0.4, 0.5) is 0 Å². The molecule has 0 saturated carbocycles. The summed E-state index contributed by atoms with van der Waals surface area (Å²) in [5.41, 5.74) is 3.78. The van der Waals surface area contributed by atoms with Gasteiger partial charge in [-0.05, 0) is 50.8 Å². The fraction of sp³-hybridized carbons (Fsp3) is 0.611. The molecule has 0 bridgehead atoms. The van der Waals surface area contributed by atoms with Gasteiger partial charge in [0.2, 0.25) is 5.91 Å². The van der Waals surface area contributed by atoms with Crippen molar-refractivity contribution in [3.8, 4) is 0 Å². The van der Waals surface area contributed by atoms with Gasteiger partial charge >= 0.3 is 0 Å². The molecular weight excluding hydrogens is 260 g/mol. The molecule has 0 aromatic heterocycles. The van der Waals surface area contributed by atoms with Gasteiger partial charge in [0.05, 0.1) is 0 Å². The Hall–Kier alpha value is -1.35. The van der Waals surface area contributed by atoms with Gasteiger partial charge in [-0.3, -0.25) is 4.79 Å². The average Bonchev–Trinajstić information content (AvgIpc) is 2.48. The summed E-state index contributed by atoms with van der Waals surface area (Å²) >= 11 is 0. The monoisotopic (exact) mass is 288 g/mol. The van der Waals surface area contributed by atoms with Gasteiger partial charge in [-0.1, -0.05) is 30.2 Å². The van der Waals surface area contributed by atoms with Crippen molar-refractivity contribution >= 4 is 5.91 Å². The van der Waals surface area contributed by atoms with E-state index in [-0.39, 0.29) is 5.91 Å². The van der Waals surface area contributed by atoms with Crippen LogP contribution in [0.1, 0.15) is 48.8 Å². The topological polar surface area (TPSA) is 32.3 Å². The zero-order valence-electron chi connectivity index (χ0n) is 13.6. The fourth-order valence-electron chi connectivity index (χ4n) is 3.03. The van der Waals surface area contributed by atoms with E-state index in [9.17, 15) is 4.79 Å². The van der Waals surface area contributed by atoms with Crippen molar-refractivity contribution < 1.29 is 4.79 Å². The van der Waals surface area contributed by atoms with E-state index in [0.717, 1.165) is 13.0 Å². The Bertz CT molecular complexity index is 478. The molecule has 1 aromatic rings. The minimum absolute atomic E-state index is 0.252. The Kier molecular flexibility index (Phi) is 5.80. The summed E-state index contributed by atoms with van der Waals surface area (Å²) in [4.78, 5) is 14.1. The van der Waals surface area contributed by atoms with Gasteiger partial charge in [-0.15, -0.1) is 0 Å². The normalized spacial score (nSPS) is 18.5. The third kappa shape index (κ3) is 4.85. The number of rotatable bonds is 5. The summed E-state index contributed by atoms with van der Waals surface area (Å²) in [5, 5.41) is 3.51. The largest absolute Gasteiger partial charge is 0.341 e. The fourth-order valence-corrected chi connectivity index (χ4v) is 3.03. The summed E-state index contributed by atoms with van der Waals surface area (Å²) in [6.45, 7) is 6.04. The molecule has 21 heavy (non-hydrogen) atoms. The molecule has 2 rings (SSSR count). The molecule has 1 saturated heterocycles. The summed E-state index contributed by atoms with van der Waals surface area (Å²) in [6, 6.07) is 6.97. The highest BCUT2D eigenvalue weighted by molar-refractivity contribution is 5.75. The molecule has 1 heterocycles. The maximum atomic E-state index is 12.3. The third-order valence-electron chi connectivity index (χ3n) is 4.45. The molecule has 1 amide bonds. The van der Waals surface area contributed by atoms with E-state index in [1.165, 1.54) is 36.0 Å². The van der Waals surface area contributed by atoms with Crippen molar-refractivity contribution in [3.05, 3.63) is 34.9 Å². The van der Waals surface area contributed by atoms with Crippen LogP contribution in [-0.4, -0.2) is 30.4 Å². The summed E-state index contributed by atoms with van der Waals surface area (Å²) < 4.78 is 0. The first-order chi connectivity index (χ1) is 10.1. The lowest BCUT2D eigenvalue weighted by Crippen LogP contribution is -2.35. The molecular formula is C18H28N2O. The molecule has 0 aliphatic carbocycles. The molecule has 1 aliphatic heterocycles. The lowest BCUT2D eigenvalue weighted by atomic mass is 10.00. The van der Waals surface area contributed by atoms with E-state index in [4.69, 9.17) is 0 Å². The second-order valence-electron chi connectivity index (χ2n) is 6.37. The van der Waals surface area contributed by atoms with Crippen molar-refractivity contribution in [2.24, 2.45) is 0 Å².